The molecule has 3 aromatic heterocycles. The molecule has 2 saturated heterocycles. The molecule has 131 heavy (non-hydrogen) atoms. The summed E-state index contributed by atoms with van der Waals surface area (Å²) in [5.74, 6) is -12.3. The SMILES string of the molecule is C.CC1(C)O[C@@H]2CC3C4C[C@H](F)C5=CC(=O)C=CC5(C)[C@@]4(F)[C@@H](O)CC3(C)[C@]2(C(=O)CO)O1.CC1(C)O[C@@H]2CC3C4C[C@H](F)C5=CC(=O)C=CC5(C)[C@@]4(F)[C@@H](O)CC3(C)[C@]2(C(=O)COC(=O)OCn2cc(F)c(=O)[nH]c2=O)O1.COc1ccc2cc(C(C)C(=O)O)ccc2c1.COc1ccc2cc(C(C)C(=O)OCn3cc(F)c(=O)[nH]c3=O)ccc2c1.O=c1[nH]cc(F)c(=O)[nH]1. The van der Waals surface area contributed by atoms with Crippen molar-refractivity contribution in [2.24, 2.45) is 45.3 Å². The van der Waals surface area contributed by atoms with Crippen molar-refractivity contribution in [2.75, 3.05) is 27.4 Å². The van der Waals surface area contributed by atoms with Crippen molar-refractivity contribution < 1.29 is 127 Å². The van der Waals surface area contributed by atoms with Crippen LogP contribution >= 0.6 is 0 Å². The van der Waals surface area contributed by atoms with E-state index in [2.05, 4.69) is 0 Å². The highest BCUT2D eigenvalue weighted by atomic mass is 19.2. The number of carboxylic acid groups (broad SMARTS) is 1. The number of aromatic amines is 4. The number of fused-ring (bicyclic) bond motifs is 16. The Morgan fingerprint density at radius 3 is 1.35 bits per heavy atom. The third-order valence-corrected chi connectivity index (χ3v) is 27.8. The Balaban J connectivity index is 0.000000159. The lowest BCUT2D eigenvalue weighted by molar-refractivity contribution is -0.249. The number of nitrogens with zero attached hydrogens (tertiary/aromatic N) is 2. The second-order valence-electron chi connectivity index (χ2n) is 35.8. The largest absolute Gasteiger partial charge is 0.510 e. The second kappa shape index (κ2) is 36.0. The van der Waals surface area contributed by atoms with Gasteiger partial charge >= 0.3 is 35.2 Å². The zero-order valence-corrected chi connectivity index (χ0v) is 72.4. The van der Waals surface area contributed by atoms with Crippen LogP contribution in [0.3, 0.4) is 0 Å². The molecular formula is C92H101F7N6O26. The molecule has 8 fully saturated rings. The lowest BCUT2D eigenvalue weighted by Crippen LogP contribution is -2.71. The number of esters is 1. The molecule has 10 unspecified atom stereocenters. The molecule has 10 aliphatic rings. The Hall–Kier alpha value is -11.9. The number of nitrogens with one attached hydrogen (secondary N) is 4. The Bertz CT molecular complexity index is 6260. The summed E-state index contributed by atoms with van der Waals surface area (Å²) in [5.41, 5.74) is -18.0. The lowest BCUT2D eigenvalue weighted by atomic mass is 9.44. The van der Waals surface area contributed by atoms with Gasteiger partial charge in [0, 0.05) is 39.7 Å². The predicted octanol–water partition coefficient (Wildman–Crippen LogP) is 9.56. The van der Waals surface area contributed by atoms with Crippen molar-refractivity contribution >= 4 is 62.8 Å². The lowest BCUT2D eigenvalue weighted by Gasteiger charge is -2.63. The average molecular weight is 1840 g/mol. The fourth-order valence-corrected chi connectivity index (χ4v) is 21.5. The number of hydrogen-bond acceptors (Lipinski definition) is 25. The van der Waals surface area contributed by atoms with Crippen LogP contribution in [-0.4, -0.2) is 189 Å². The van der Waals surface area contributed by atoms with Gasteiger partial charge in [0.15, 0.2) is 71.5 Å². The minimum absolute atomic E-state index is 0. The number of ketones is 4. The predicted molar refractivity (Wildman–Crippen MR) is 452 cm³/mol. The van der Waals surface area contributed by atoms with Crippen molar-refractivity contribution in [1.29, 1.82) is 0 Å². The first-order valence-corrected chi connectivity index (χ1v) is 41.5. The average Bonchev–Trinajstić information content (AvgIpc) is 1.52. The van der Waals surface area contributed by atoms with E-state index in [-0.39, 0.29) is 57.1 Å². The fraction of sp³-hybridized carbons (Fsp3) is 0.489. The van der Waals surface area contributed by atoms with Gasteiger partial charge in [0.2, 0.25) is 23.2 Å². The second-order valence-corrected chi connectivity index (χ2v) is 35.8. The number of alkyl halides is 4. The molecule has 0 bridgehead atoms. The number of aromatic nitrogens is 6. The van der Waals surface area contributed by atoms with Crippen molar-refractivity contribution in [3.8, 4) is 11.5 Å². The summed E-state index contributed by atoms with van der Waals surface area (Å²) in [5, 5.41) is 45.7. The molecule has 5 heterocycles. The quantitative estimate of drug-likeness (QED) is 0.0349. The third kappa shape index (κ3) is 17.0. The molecule has 6 saturated carbocycles. The third-order valence-electron chi connectivity index (χ3n) is 27.8. The van der Waals surface area contributed by atoms with Crippen LogP contribution in [0.2, 0.25) is 0 Å². The monoisotopic (exact) mass is 1840 g/mol. The number of Topliss-reactive ketones (excluding diaryl/α,β-unsaturated/α-hetero) is 2. The molecule has 7 aromatic rings. The fourth-order valence-electron chi connectivity index (χ4n) is 21.5. The van der Waals surface area contributed by atoms with Crippen molar-refractivity contribution in [3.63, 3.8) is 0 Å². The molecule has 704 valence electrons. The van der Waals surface area contributed by atoms with E-state index in [4.69, 9.17) is 47.7 Å². The van der Waals surface area contributed by atoms with Crippen LogP contribution in [0.4, 0.5) is 35.5 Å². The summed E-state index contributed by atoms with van der Waals surface area (Å²) in [6.07, 6.45) is -0.969. The van der Waals surface area contributed by atoms with Crippen LogP contribution in [-0.2, 0) is 75.4 Å². The summed E-state index contributed by atoms with van der Waals surface area (Å²) >= 11 is 0. The first-order chi connectivity index (χ1) is 60.9. The first-order valence-electron chi connectivity index (χ1n) is 41.5. The number of H-pyrrole nitrogens is 4. The Morgan fingerprint density at radius 1 is 0.534 bits per heavy atom. The van der Waals surface area contributed by atoms with Gasteiger partial charge in [0.25, 0.3) is 16.7 Å². The van der Waals surface area contributed by atoms with E-state index in [0.29, 0.717) is 23.2 Å². The van der Waals surface area contributed by atoms with E-state index in [1.807, 2.05) is 71.7 Å². The molecule has 39 heteroatoms. The Labute approximate surface area is 741 Å². The molecule has 4 aromatic carbocycles. The van der Waals surface area contributed by atoms with Crippen molar-refractivity contribution in [3.05, 3.63) is 230 Å². The number of benzene rings is 4. The number of carbonyl (C=O) groups excluding carboxylic acids is 6. The number of hydrogen-bond donors (Lipinski definition) is 8. The highest BCUT2D eigenvalue weighted by Gasteiger charge is 2.83. The molecule has 2 aliphatic heterocycles. The van der Waals surface area contributed by atoms with Crippen LogP contribution in [0.15, 0.2) is 168 Å². The number of aliphatic hydroxyl groups is 3. The van der Waals surface area contributed by atoms with Gasteiger partial charge < -0.3 is 68.0 Å². The summed E-state index contributed by atoms with van der Waals surface area (Å²) in [4.78, 5) is 160. The van der Waals surface area contributed by atoms with Crippen LogP contribution < -0.4 is 43.2 Å². The summed E-state index contributed by atoms with van der Waals surface area (Å²) in [7, 11) is 3.22. The number of rotatable bonds is 15. The van der Waals surface area contributed by atoms with Gasteiger partial charge in [0.05, 0.1) is 62.9 Å². The number of aliphatic carboxylic acids is 1. The number of methoxy groups -OCH3 is 2. The molecule has 0 amide bonds. The normalized spacial score (nSPS) is 31.8. The maximum absolute atomic E-state index is 17.5. The standard InChI is InChI=1S/C30H33F3N2O10.C24H30F2O6.C19H17FN2O5.C14H14O3.C4H3FN2O2.CH4/c1-26(2)44-22-9-15-16-8-18(31)17-7-14(36)5-6-27(17,3)29(16,33)20(37)10-28(15,4)30(22,45-26)21(38)12-42-25(41)43-13-35-11-19(32)23(39)34-24(35)40;1-20(2)31-19-9-13-14-8-16(25)15-7-12(28)5-6-21(15,3)23(14,26)17(29)10-22(13,4)24(19,32-20)18(30)11-27;1-11(12-3-4-14-8-15(26-2)6-5-13(14)7-12)18(24)27-10-22-9-16(20)17(23)21-19(22)25;1-9(14(15)16)10-3-4-12-8-13(17-2)6-5-11(12)7-10;5-2-1-6-4(9)7-3(2)8;/h5-7,11,15-16,18,20,22,37H,8-10,12-13H2,1-4H3,(H,34,39,40);5-7,13-14,16-17,19,27,29H,8-11H2,1-4H3;3-9,11H,10H2,1-2H3,(H,21,23,25);3-9H,1-2H3,(H,15,16);1H,(H2,6,7,8,9);1H4/t15?,16?,18-,20-,22+,27?,28?,29-,30+;13?,14?,16-,17-,19+,21?,22?,23-,24+;;;;/m00..../s1. The molecule has 8 N–H and O–H groups in total. The van der Waals surface area contributed by atoms with E-state index >= 15 is 17.6 Å². The van der Waals surface area contributed by atoms with Gasteiger partial charge in [-0.2, -0.15) is 13.2 Å². The minimum Gasteiger partial charge on any atom is -0.497 e. The van der Waals surface area contributed by atoms with Crippen molar-refractivity contribution in [1.82, 2.24) is 29.1 Å². The van der Waals surface area contributed by atoms with Gasteiger partial charge in [-0.1, -0.05) is 82.0 Å². The number of carboxylic acids is 1. The summed E-state index contributed by atoms with van der Waals surface area (Å²) in [6, 6.07) is 22.6. The number of carbonyl (C=O) groups is 7. The smallest absolute Gasteiger partial charge is 0.497 e. The summed E-state index contributed by atoms with van der Waals surface area (Å²) in [6.45, 7) is 13.3. The topological polar surface area (TPSA) is 459 Å². The van der Waals surface area contributed by atoms with Crippen LogP contribution in [0.1, 0.15) is 138 Å². The molecule has 0 radical (unpaired) electrons. The molecule has 17 rings (SSSR count). The minimum atomic E-state index is -2.39. The zero-order chi connectivity index (χ0) is 95.2. The van der Waals surface area contributed by atoms with Gasteiger partial charge in [-0.15, -0.1) is 0 Å². The molecule has 32 nitrogen and oxygen atoms in total. The number of ether oxygens (including phenoxy) is 9. The molecule has 8 aliphatic carbocycles. The zero-order valence-electron chi connectivity index (χ0n) is 72.4. The van der Waals surface area contributed by atoms with Crippen LogP contribution in [0.5, 0.6) is 11.5 Å². The highest BCUT2D eigenvalue weighted by Crippen LogP contribution is 2.75. The molecule has 20 atom stereocenters. The van der Waals surface area contributed by atoms with Crippen molar-refractivity contribution in [2.45, 2.75) is 211 Å². The highest BCUT2D eigenvalue weighted by molar-refractivity contribution is 6.02. The van der Waals surface area contributed by atoms with E-state index in [0.717, 1.165) is 60.9 Å². The van der Waals surface area contributed by atoms with Crippen LogP contribution in [0, 0.1) is 62.8 Å². The maximum atomic E-state index is 17.5. The first kappa shape index (κ1) is 98.2. The van der Waals surface area contributed by atoms with E-state index in [1.165, 1.54) is 38.2 Å². The Morgan fingerprint density at radius 2 is 0.939 bits per heavy atom. The Kier molecular flexibility index (Phi) is 27.0. The van der Waals surface area contributed by atoms with Gasteiger partial charge in [-0.3, -0.25) is 67.2 Å². The number of allylic oxidation sites excluding steroid dienone is 8. The van der Waals surface area contributed by atoms with E-state index in [9.17, 15) is 90.8 Å². The number of halogens is 7. The molecular weight excluding hydrogens is 1740 g/mol. The van der Waals surface area contributed by atoms with Gasteiger partial charge in [0.1, 0.15) is 30.4 Å². The van der Waals surface area contributed by atoms with E-state index in [1.54, 1.807) is 90.6 Å². The van der Waals surface area contributed by atoms with Gasteiger partial charge in [-0.05, 0) is 198 Å². The maximum Gasteiger partial charge on any atom is 0.510 e. The number of aliphatic hydroxyl groups excluding tert-OH is 3. The summed E-state index contributed by atoms with van der Waals surface area (Å²) < 4.78 is 156. The van der Waals surface area contributed by atoms with Crippen LogP contribution in [0.25, 0.3) is 21.5 Å². The molecule has 0 spiro atoms. The van der Waals surface area contributed by atoms with E-state index < -0.39 is 247 Å². The van der Waals surface area contributed by atoms with Gasteiger partial charge in [-0.25, -0.2) is 36.7 Å².